The largest absolute Gasteiger partial charge is 0.352 e. The molecule has 0 saturated carbocycles. The predicted molar refractivity (Wildman–Crippen MR) is 82.5 cm³/mol. The molecule has 0 aliphatic rings. The van der Waals surface area contributed by atoms with Gasteiger partial charge in [0.25, 0.3) is 0 Å². The predicted octanol–water partition coefficient (Wildman–Crippen LogP) is 3.12. The molecule has 0 bridgehead atoms. The zero-order chi connectivity index (χ0) is 15.1. The summed E-state index contributed by atoms with van der Waals surface area (Å²) in [5.41, 5.74) is 4.03. The highest BCUT2D eigenvalue weighted by atomic mass is 16.1. The van der Waals surface area contributed by atoms with Gasteiger partial charge < -0.3 is 5.32 Å². The quantitative estimate of drug-likeness (QED) is 0.913. The maximum absolute atomic E-state index is 11.8. The Kier molecular flexibility index (Phi) is 5.11. The second-order valence-electron chi connectivity index (χ2n) is 5.07. The molecule has 2 aromatic carbocycles. The first-order chi connectivity index (χ1) is 10.2. The first-order valence-corrected chi connectivity index (χ1v) is 6.98. The van der Waals surface area contributed by atoms with Gasteiger partial charge in [-0.3, -0.25) is 4.79 Å². The number of amides is 1. The number of carbonyl (C=O) groups excluding carboxylic acids is 1. The van der Waals surface area contributed by atoms with Crippen molar-refractivity contribution in [2.24, 2.45) is 0 Å². The SMILES string of the molecule is Cc1ccc(CCC(=O)NCc2ccc(C#N)cc2)cc1. The van der Waals surface area contributed by atoms with E-state index in [1.165, 1.54) is 11.1 Å². The molecule has 0 saturated heterocycles. The number of nitriles is 1. The molecular weight excluding hydrogens is 260 g/mol. The van der Waals surface area contributed by atoms with Gasteiger partial charge in [0.2, 0.25) is 5.91 Å². The Balaban J connectivity index is 1.76. The van der Waals surface area contributed by atoms with Gasteiger partial charge >= 0.3 is 0 Å². The molecule has 2 rings (SSSR count). The molecule has 0 atom stereocenters. The number of nitrogens with zero attached hydrogens (tertiary/aromatic N) is 1. The first-order valence-electron chi connectivity index (χ1n) is 6.98. The summed E-state index contributed by atoms with van der Waals surface area (Å²) < 4.78 is 0. The molecule has 106 valence electrons. The molecule has 0 spiro atoms. The zero-order valence-electron chi connectivity index (χ0n) is 12.1. The van der Waals surface area contributed by atoms with Crippen LogP contribution in [-0.2, 0) is 17.8 Å². The van der Waals surface area contributed by atoms with Gasteiger partial charge in [0.15, 0.2) is 0 Å². The van der Waals surface area contributed by atoms with Crippen LogP contribution in [0.3, 0.4) is 0 Å². The molecule has 1 amide bonds. The monoisotopic (exact) mass is 278 g/mol. The van der Waals surface area contributed by atoms with Gasteiger partial charge in [0.05, 0.1) is 11.6 Å². The Labute approximate surface area is 125 Å². The Morgan fingerprint density at radius 3 is 2.29 bits per heavy atom. The minimum absolute atomic E-state index is 0.0416. The van der Waals surface area contributed by atoms with Gasteiger partial charge in [0, 0.05) is 13.0 Å². The summed E-state index contributed by atoms with van der Waals surface area (Å²) in [7, 11) is 0. The van der Waals surface area contributed by atoms with Crippen molar-refractivity contribution in [2.45, 2.75) is 26.3 Å². The molecule has 0 aromatic heterocycles. The molecule has 21 heavy (non-hydrogen) atoms. The van der Waals surface area contributed by atoms with Crippen molar-refractivity contribution in [3.8, 4) is 6.07 Å². The molecular formula is C18H18N2O. The molecule has 0 fully saturated rings. The average Bonchev–Trinajstić information content (AvgIpc) is 2.53. The molecule has 0 aliphatic heterocycles. The number of carbonyl (C=O) groups is 1. The van der Waals surface area contributed by atoms with Crippen molar-refractivity contribution in [1.82, 2.24) is 5.32 Å². The topological polar surface area (TPSA) is 52.9 Å². The third-order valence-electron chi connectivity index (χ3n) is 3.33. The summed E-state index contributed by atoms with van der Waals surface area (Å²) in [5, 5.41) is 11.6. The van der Waals surface area contributed by atoms with Crippen LogP contribution in [0.15, 0.2) is 48.5 Å². The summed E-state index contributed by atoms with van der Waals surface area (Å²) in [6.07, 6.45) is 1.23. The Hall–Kier alpha value is -2.60. The molecule has 1 N–H and O–H groups in total. The van der Waals surface area contributed by atoms with Crippen molar-refractivity contribution in [2.75, 3.05) is 0 Å². The molecule has 0 radical (unpaired) electrons. The Bertz CT molecular complexity index is 636. The van der Waals surface area contributed by atoms with Crippen LogP contribution in [0.25, 0.3) is 0 Å². The minimum atomic E-state index is 0.0416. The van der Waals surface area contributed by atoms with Crippen LogP contribution in [-0.4, -0.2) is 5.91 Å². The number of hydrogen-bond donors (Lipinski definition) is 1. The standard InChI is InChI=1S/C18H18N2O/c1-14-2-4-15(5-3-14)10-11-18(21)20-13-17-8-6-16(12-19)7-9-17/h2-9H,10-11,13H2,1H3,(H,20,21). The summed E-state index contributed by atoms with van der Waals surface area (Å²) >= 11 is 0. The van der Waals surface area contributed by atoms with Gasteiger partial charge in [-0.15, -0.1) is 0 Å². The number of rotatable bonds is 5. The van der Waals surface area contributed by atoms with Crippen molar-refractivity contribution < 1.29 is 4.79 Å². The summed E-state index contributed by atoms with van der Waals surface area (Å²) in [4.78, 5) is 11.8. The summed E-state index contributed by atoms with van der Waals surface area (Å²) in [6, 6.07) is 17.5. The molecule has 3 heteroatoms. The van der Waals surface area contributed by atoms with E-state index < -0.39 is 0 Å². The number of benzene rings is 2. The van der Waals surface area contributed by atoms with E-state index in [-0.39, 0.29) is 5.91 Å². The molecule has 0 unspecified atom stereocenters. The molecule has 0 heterocycles. The fraction of sp³-hybridized carbons (Fsp3) is 0.222. The third kappa shape index (κ3) is 4.77. The van der Waals surface area contributed by atoms with Crippen molar-refractivity contribution >= 4 is 5.91 Å². The highest BCUT2D eigenvalue weighted by Gasteiger charge is 2.02. The van der Waals surface area contributed by atoms with E-state index in [4.69, 9.17) is 5.26 Å². The van der Waals surface area contributed by atoms with Crippen LogP contribution in [0.2, 0.25) is 0 Å². The van der Waals surface area contributed by atoms with E-state index in [1.807, 2.05) is 19.1 Å². The maximum atomic E-state index is 11.8. The molecule has 0 aliphatic carbocycles. The number of nitrogens with one attached hydrogen (secondary N) is 1. The fourth-order valence-corrected chi connectivity index (χ4v) is 2.00. The van der Waals surface area contributed by atoms with Crippen LogP contribution in [0.5, 0.6) is 0 Å². The fourth-order valence-electron chi connectivity index (χ4n) is 2.00. The smallest absolute Gasteiger partial charge is 0.220 e. The van der Waals surface area contributed by atoms with Crippen LogP contribution in [0.1, 0.15) is 28.7 Å². The first kappa shape index (κ1) is 14.8. The highest BCUT2D eigenvalue weighted by Crippen LogP contribution is 2.06. The van der Waals surface area contributed by atoms with Crippen LogP contribution in [0.4, 0.5) is 0 Å². The van der Waals surface area contributed by atoms with Crippen molar-refractivity contribution in [3.63, 3.8) is 0 Å². The van der Waals surface area contributed by atoms with Crippen LogP contribution in [0, 0.1) is 18.3 Å². The van der Waals surface area contributed by atoms with Gasteiger partial charge in [0.1, 0.15) is 0 Å². The van der Waals surface area contributed by atoms with Gasteiger partial charge in [-0.05, 0) is 36.6 Å². The van der Waals surface area contributed by atoms with Gasteiger partial charge in [-0.2, -0.15) is 5.26 Å². The van der Waals surface area contributed by atoms with Crippen molar-refractivity contribution in [3.05, 3.63) is 70.8 Å². The van der Waals surface area contributed by atoms with E-state index >= 15 is 0 Å². The second kappa shape index (κ2) is 7.25. The van der Waals surface area contributed by atoms with E-state index in [0.29, 0.717) is 18.5 Å². The molecule has 3 nitrogen and oxygen atoms in total. The summed E-state index contributed by atoms with van der Waals surface area (Å²) in [6.45, 7) is 2.55. The highest BCUT2D eigenvalue weighted by molar-refractivity contribution is 5.76. The zero-order valence-corrected chi connectivity index (χ0v) is 12.1. The van der Waals surface area contributed by atoms with E-state index in [2.05, 4.69) is 35.7 Å². The normalized spacial score (nSPS) is 9.90. The van der Waals surface area contributed by atoms with E-state index in [9.17, 15) is 4.79 Å². The van der Waals surface area contributed by atoms with E-state index in [1.54, 1.807) is 12.1 Å². The van der Waals surface area contributed by atoms with Gasteiger partial charge in [-0.1, -0.05) is 42.0 Å². The van der Waals surface area contributed by atoms with Crippen LogP contribution >= 0.6 is 0 Å². The third-order valence-corrected chi connectivity index (χ3v) is 3.33. The number of aryl methyl sites for hydroxylation is 2. The van der Waals surface area contributed by atoms with Gasteiger partial charge in [-0.25, -0.2) is 0 Å². The lowest BCUT2D eigenvalue weighted by Gasteiger charge is -2.06. The van der Waals surface area contributed by atoms with Crippen LogP contribution < -0.4 is 5.32 Å². The lowest BCUT2D eigenvalue weighted by Crippen LogP contribution is -2.22. The lowest BCUT2D eigenvalue weighted by molar-refractivity contribution is -0.121. The Morgan fingerprint density at radius 1 is 1.05 bits per heavy atom. The Morgan fingerprint density at radius 2 is 1.67 bits per heavy atom. The lowest BCUT2D eigenvalue weighted by atomic mass is 10.1. The van der Waals surface area contributed by atoms with Crippen molar-refractivity contribution in [1.29, 1.82) is 5.26 Å². The molecule has 2 aromatic rings. The minimum Gasteiger partial charge on any atom is -0.352 e. The number of hydrogen-bond acceptors (Lipinski definition) is 2. The van der Waals surface area contributed by atoms with E-state index in [0.717, 1.165) is 12.0 Å². The average molecular weight is 278 g/mol. The second-order valence-corrected chi connectivity index (χ2v) is 5.07. The maximum Gasteiger partial charge on any atom is 0.220 e. The summed E-state index contributed by atoms with van der Waals surface area (Å²) in [5.74, 6) is 0.0416.